The second-order valence-corrected chi connectivity index (χ2v) is 5.80. The Labute approximate surface area is 122 Å². The first-order chi connectivity index (χ1) is 9.72. The van der Waals surface area contributed by atoms with E-state index in [0.29, 0.717) is 0 Å². The smallest absolute Gasteiger partial charge is 0.221 e. The quantitative estimate of drug-likeness (QED) is 0.941. The fourth-order valence-electron chi connectivity index (χ4n) is 2.38. The number of thiazole rings is 1. The average Bonchev–Trinajstić information content (AvgIpc) is 3.10. The number of hydrogen-bond acceptors (Lipinski definition) is 4. The predicted octanol–water partition coefficient (Wildman–Crippen LogP) is 3.37. The minimum atomic E-state index is -0.0530. The molecule has 0 saturated carbocycles. The fourth-order valence-corrected chi connectivity index (χ4v) is 3.27. The van der Waals surface area contributed by atoms with Gasteiger partial charge in [0.1, 0.15) is 0 Å². The number of amides is 1. The van der Waals surface area contributed by atoms with Gasteiger partial charge in [0, 0.05) is 36.6 Å². The van der Waals surface area contributed by atoms with Crippen LogP contribution in [0.25, 0.3) is 11.3 Å². The van der Waals surface area contributed by atoms with Crippen LogP contribution in [0.4, 0.5) is 10.8 Å². The fraction of sp³-hybridized carbons (Fsp3) is 0.333. The molecule has 1 aromatic heterocycles. The Kier molecular flexibility index (Phi) is 3.69. The van der Waals surface area contributed by atoms with Crippen molar-refractivity contribution in [3.8, 4) is 11.3 Å². The summed E-state index contributed by atoms with van der Waals surface area (Å²) in [5.74, 6) is -0.0530. The molecule has 1 saturated heterocycles. The molecular formula is C15H17N3OS. The summed E-state index contributed by atoms with van der Waals surface area (Å²) in [5, 5.41) is 5.98. The Bertz CT molecular complexity index is 600. The highest BCUT2D eigenvalue weighted by Gasteiger charge is 2.15. The highest BCUT2D eigenvalue weighted by atomic mass is 32.1. The lowest BCUT2D eigenvalue weighted by molar-refractivity contribution is -0.114. The van der Waals surface area contributed by atoms with E-state index in [9.17, 15) is 4.79 Å². The van der Waals surface area contributed by atoms with Gasteiger partial charge in [-0.2, -0.15) is 0 Å². The minimum absolute atomic E-state index is 0.0530. The first kappa shape index (κ1) is 13.1. The van der Waals surface area contributed by atoms with Crippen LogP contribution in [0, 0.1) is 0 Å². The lowest BCUT2D eigenvalue weighted by Crippen LogP contribution is -2.17. The lowest BCUT2D eigenvalue weighted by Gasteiger charge is -2.12. The molecule has 104 valence electrons. The molecule has 0 atom stereocenters. The molecule has 1 amide bonds. The molecule has 1 fully saturated rings. The van der Waals surface area contributed by atoms with Gasteiger partial charge in [0.25, 0.3) is 0 Å². The van der Waals surface area contributed by atoms with Crippen molar-refractivity contribution in [3.63, 3.8) is 0 Å². The van der Waals surface area contributed by atoms with E-state index in [0.717, 1.165) is 35.2 Å². The number of carbonyl (C=O) groups excluding carboxylic acids is 1. The molecule has 4 nitrogen and oxygen atoms in total. The van der Waals surface area contributed by atoms with Crippen LogP contribution in [0.3, 0.4) is 0 Å². The summed E-state index contributed by atoms with van der Waals surface area (Å²) in [6.07, 6.45) is 2.53. The maximum Gasteiger partial charge on any atom is 0.221 e. The SMILES string of the molecule is CC(=O)Nc1ccc(-c2csc(N3CCCC3)n2)cc1. The summed E-state index contributed by atoms with van der Waals surface area (Å²) < 4.78 is 0. The zero-order valence-corrected chi connectivity index (χ0v) is 12.2. The summed E-state index contributed by atoms with van der Waals surface area (Å²) >= 11 is 1.70. The summed E-state index contributed by atoms with van der Waals surface area (Å²) in [4.78, 5) is 18.0. The molecule has 1 aromatic carbocycles. The van der Waals surface area contributed by atoms with E-state index in [1.54, 1.807) is 11.3 Å². The molecule has 2 aromatic rings. The monoisotopic (exact) mass is 287 g/mol. The first-order valence-corrected chi connectivity index (χ1v) is 7.69. The number of aromatic nitrogens is 1. The van der Waals surface area contributed by atoms with Gasteiger partial charge in [-0.15, -0.1) is 11.3 Å². The molecule has 0 aliphatic carbocycles. The van der Waals surface area contributed by atoms with Crippen LogP contribution < -0.4 is 10.2 Å². The Hall–Kier alpha value is -1.88. The number of benzene rings is 1. The maximum absolute atomic E-state index is 11.0. The van der Waals surface area contributed by atoms with E-state index in [1.165, 1.54) is 19.8 Å². The third-order valence-corrected chi connectivity index (χ3v) is 4.27. The van der Waals surface area contributed by atoms with E-state index < -0.39 is 0 Å². The van der Waals surface area contributed by atoms with Gasteiger partial charge in [-0.1, -0.05) is 12.1 Å². The van der Waals surface area contributed by atoms with Gasteiger partial charge in [-0.3, -0.25) is 4.79 Å². The number of rotatable bonds is 3. The van der Waals surface area contributed by atoms with Crippen LogP contribution in [-0.2, 0) is 4.79 Å². The van der Waals surface area contributed by atoms with Crippen molar-refractivity contribution >= 4 is 28.1 Å². The molecule has 5 heteroatoms. The van der Waals surface area contributed by atoms with E-state index in [4.69, 9.17) is 4.98 Å². The van der Waals surface area contributed by atoms with Crippen LogP contribution >= 0.6 is 11.3 Å². The minimum Gasteiger partial charge on any atom is -0.348 e. The molecule has 1 N–H and O–H groups in total. The Morgan fingerprint density at radius 3 is 2.60 bits per heavy atom. The van der Waals surface area contributed by atoms with Gasteiger partial charge < -0.3 is 10.2 Å². The van der Waals surface area contributed by atoms with Crippen molar-refractivity contribution < 1.29 is 4.79 Å². The molecule has 0 radical (unpaired) electrons. The standard InChI is InChI=1S/C15H17N3OS/c1-11(19)16-13-6-4-12(5-7-13)14-10-20-15(17-14)18-8-2-3-9-18/h4-7,10H,2-3,8-9H2,1H3,(H,16,19). The number of carbonyl (C=O) groups is 1. The van der Waals surface area contributed by atoms with Gasteiger partial charge in [-0.25, -0.2) is 4.98 Å². The second-order valence-electron chi connectivity index (χ2n) is 4.97. The molecule has 1 aliphatic heterocycles. The van der Waals surface area contributed by atoms with Crippen molar-refractivity contribution in [2.24, 2.45) is 0 Å². The molecule has 0 spiro atoms. The van der Waals surface area contributed by atoms with Crippen LogP contribution in [0.5, 0.6) is 0 Å². The molecule has 20 heavy (non-hydrogen) atoms. The summed E-state index contributed by atoms with van der Waals surface area (Å²) in [5.41, 5.74) is 2.91. The third kappa shape index (κ3) is 2.82. The van der Waals surface area contributed by atoms with Gasteiger partial charge in [-0.05, 0) is 25.0 Å². The predicted molar refractivity (Wildman–Crippen MR) is 83.3 cm³/mol. The number of nitrogens with one attached hydrogen (secondary N) is 1. The van der Waals surface area contributed by atoms with Crippen LogP contribution in [-0.4, -0.2) is 24.0 Å². The van der Waals surface area contributed by atoms with Crippen molar-refractivity contribution in [1.82, 2.24) is 4.98 Å². The molecular weight excluding hydrogens is 270 g/mol. The summed E-state index contributed by atoms with van der Waals surface area (Å²) in [6.45, 7) is 3.75. The van der Waals surface area contributed by atoms with Crippen molar-refractivity contribution in [3.05, 3.63) is 29.6 Å². The third-order valence-electron chi connectivity index (χ3n) is 3.37. The zero-order chi connectivity index (χ0) is 13.9. The Morgan fingerprint density at radius 1 is 1.25 bits per heavy atom. The molecule has 0 bridgehead atoms. The highest BCUT2D eigenvalue weighted by Crippen LogP contribution is 2.29. The van der Waals surface area contributed by atoms with E-state index in [-0.39, 0.29) is 5.91 Å². The van der Waals surface area contributed by atoms with Crippen LogP contribution in [0.2, 0.25) is 0 Å². The number of nitrogens with zero attached hydrogens (tertiary/aromatic N) is 2. The Balaban J connectivity index is 1.77. The van der Waals surface area contributed by atoms with E-state index >= 15 is 0 Å². The van der Waals surface area contributed by atoms with Crippen molar-refractivity contribution in [2.45, 2.75) is 19.8 Å². The maximum atomic E-state index is 11.0. The van der Waals surface area contributed by atoms with Gasteiger partial charge in [0.2, 0.25) is 5.91 Å². The van der Waals surface area contributed by atoms with Crippen molar-refractivity contribution in [2.75, 3.05) is 23.3 Å². The largest absolute Gasteiger partial charge is 0.348 e. The van der Waals surface area contributed by atoms with Crippen molar-refractivity contribution in [1.29, 1.82) is 0 Å². The van der Waals surface area contributed by atoms with Crippen LogP contribution in [0.15, 0.2) is 29.6 Å². The molecule has 2 heterocycles. The average molecular weight is 287 g/mol. The van der Waals surface area contributed by atoms with Gasteiger partial charge in [0.05, 0.1) is 5.69 Å². The first-order valence-electron chi connectivity index (χ1n) is 6.81. The van der Waals surface area contributed by atoms with E-state index in [2.05, 4.69) is 15.6 Å². The van der Waals surface area contributed by atoms with Gasteiger partial charge >= 0.3 is 0 Å². The van der Waals surface area contributed by atoms with Crippen LogP contribution in [0.1, 0.15) is 19.8 Å². The number of anilines is 2. The van der Waals surface area contributed by atoms with Gasteiger partial charge in [0.15, 0.2) is 5.13 Å². The molecule has 3 rings (SSSR count). The van der Waals surface area contributed by atoms with E-state index in [1.807, 2.05) is 24.3 Å². The summed E-state index contributed by atoms with van der Waals surface area (Å²) in [6, 6.07) is 7.80. The Morgan fingerprint density at radius 2 is 1.95 bits per heavy atom. The lowest BCUT2D eigenvalue weighted by atomic mass is 10.1. The zero-order valence-electron chi connectivity index (χ0n) is 11.4. The highest BCUT2D eigenvalue weighted by molar-refractivity contribution is 7.14. The second kappa shape index (κ2) is 5.63. The summed E-state index contributed by atoms with van der Waals surface area (Å²) in [7, 11) is 0. The molecule has 1 aliphatic rings. The topological polar surface area (TPSA) is 45.2 Å². The molecule has 0 unspecified atom stereocenters. The normalized spacial score (nSPS) is 14.6. The number of hydrogen-bond donors (Lipinski definition) is 1.